The molecule has 0 spiro atoms. The Morgan fingerprint density at radius 1 is 1.29 bits per heavy atom. The van der Waals surface area contributed by atoms with Crippen LogP contribution in [0.25, 0.3) is 22.4 Å². The molecule has 3 N–H and O–H groups in total. The van der Waals surface area contributed by atoms with Gasteiger partial charge in [0.05, 0.1) is 11.6 Å². The number of halogens is 2. The number of alkyl halides is 1. The zero-order valence-electron chi connectivity index (χ0n) is 22.6. The second kappa shape index (κ2) is 11.1. The minimum atomic E-state index is -2.10. The topological polar surface area (TPSA) is 155 Å². The molecule has 13 heteroatoms. The highest BCUT2D eigenvalue weighted by Gasteiger charge is 2.46. The van der Waals surface area contributed by atoms with Crippen molar-refractivity contribution in [2.75, 3.05) is 6.61 Å². The summed E-state index contributed by atoms with van der Waals surface area (Å²) in [4.78, 5) is 33.7. The molecule has 216 valence electrons. The third kappa shape index (κ3) is 5.06. The van der Waals surface area contributed by atoms with Gasteiger partial charge in [-0.15, -0.1) is 6.58 Å². The molecular weight excluding hydrogens is 563 g/mol. The average molecular weight is 591 g/mol. The highest BCUT2D eigenvalue weighted by molar-refractivity contribution is 6.30. The van der Waals surface area contributed by atoms with Crippen molar-refractivity contribution in [3.05, 3.63) is 71.8 Å². The minimum Gasteiger partial charge on any atom is -0.491 e. The van der Waals surface area contributed by atoms with Gasteiger partial charge in [0.25, 0.3) is 5.90 Å². The van der Waals surface area contributed by atoms with E-state index in [1.54, 1.807) is 24.4 Å². The highest BCUT2D eigenvalue weighted by atomic mass is 35.5. The molecule has 0 bridgehead atoms. The molecule has 0 radical (unpaired) electrons. The Kier molecular flexibility index (Phi) is 7.31. The number of primary amides is 1. The predicted octanol–water partition coefficient (Wildman–Crippen LogP) is 5.35. The Morgan fingerprint density at radius 2 is 2.10 bits per heavy atom. The molecule has 0 aromatic carbocycles. The second-order valence-electron chi connectivity index (χ2n) is 10.5. The fourth-order valence-corrected chi connectivity index (χ4v) is 5.99. The third-order valence-corrected chi connectivity index (χ3v) is 8.06. The summed E-state index contributed by atoms with van der Waals surface area (Å²) >= 11 is 6.30. The van der Waals surface area contributed by atoms with Gasteiger partial charge in [-0.25, -0.2) is 24.1 Å². The fourth-order valence-electron chi connectivity index (χ4n) is 5.81. The van der Waals surface area contributed by atoms with E-state index < -0.39 is 17.7 Å². The van der Waals surface area contributed by atoms with Crippen LogP contribution in [0.15, 0.2) is 49.4 Å². The molecule has 1 amide bonds. The van der Waals surface area contributed by atoms with Gasteiger partial charge >= 0.3 is 6.09 Å². The Hall–Kier alpha value is -4.45. The maximum Gasteiger partial charge on any atom is 0.411 e. The van der Waals surface area contributed by atoms with E-state index in [1.807, 2.05) is 10.6 Å². The van der Waals surface area contributed by atoms with Gasteiger partial charge in [-0.05, 0) is 55.7 Å². The molecule has 1 atom stereocenters. The van der Waals surface area contributed by atoms with E-state index in [1.165, 1.54) is 12.4 Å². The first-order chi connectivity index (χ1) is 20.3. The number of ether oxygens (including phenoxy) is 2. The van der Waals surface area contributed by atoms with E-state index in [9.17, 15) is 4.79 Å². The molecule has 1 saturated carbocycles. The number of hydrogen-bond donors (Lipinski definition) is 2. The summed E-state index contributed by atoms with van der Waals surface area (Å²) in [5.41, 5.74) is 4.52. The Labute approximate surface area is 245 Å². The molecule has 4 aromatic heterocycles. The smallest absolute Gasteiger partial charge is 0.411 e. The van der Waals surface area contributed by atoms with E-state index in [2.05, 4.69) is 26.5 Å². The maximum atomic E-state index is 17.4. The van der Waals surface area contributed by atoms with E-state index in [0.29, 0.717) is 40.0 Å². The molecule has 1 aliphatic carbocycles. The van der Waals surface area contributed by atoms with Gasteiger partial charge < -0.3 is 19.8 Å². The van der Waals surface area contributed by atoms with Gasteiger partial charge in [0.15, 0.2) is 11.5 Å². The Morgan fingerprint density at radius 3 is 2.83 bits per heavy atom. The van der Waals surface area contributed by atoms with Crippen LogP contribution in [0.4, 0.5) is 9.18 Å². The molecular formula is C29H28ClFN8O3. The number of allylic oxidation sites excluding steroid dienone is 1. The SMILES string of the molecule is C=C[C@H]1CC[C@H](Cn2c(C3(F)CCOc4cccnc43)nc3nc(C(=N)OC(N)=O)nc(-c4cncc(Cl)c4)c32)CC1. The summed E-state index contributed by atoms with van der Waals surface area (Å²) in [5.74, 6) is 0.209. The first-order valence-corrected chi connectivity index (χ1v) is 14.0. The summed E-state index contributed by atoms with van der Waals surface area (Å²) in [7, 11) is 0. The number of fused-ring (bicyclic) bond motifs is 2. The van der Waals surface area contributed by atoms with Crippen LogP contribution in [0.1, 0.15) is 49.4 Å². The summed E-state index contributed by atoms with van der Waals surface area (Å²) in [6, 6.07) is 5.03. The van der Waals surface area contributed by atoms with Crippen molar-refractivity contribution in [2.24, 2.45) is 17.6 Å². The van der Waals surface area contributed by atoms with Gasteiger partial charge in [-0.1, -0.05) is 17.7 Å². The van der Waals surface area contributed by atoms with E-state index in [0.717, 1.165) is 25.7 Å². The number of nitrogens with one attached hydrogen (secondary N) is 1. The number of hydrogen-bond acceptors (Lipinski definition) is 9. The van der Waals surface area contributed by atoms with Crippen LogP contribution in [0.5, 0.6) is 5.75 Å². The lowest BCUT2D eigenvalue weighted by molar-refractivity contribution is 0.110. The lowest BCUT2D eigenvalue weighted by atomic mass is 9.82. The number of pyridine rings is 2. The molecule has 2 aliphatic rings. The predicted molar refractivity (Wildman–Crippen MR) is 153 cm³/mol. The first-order valence-electron chi connectivity index (χ1n) is 13.6. The number of carbonyl (C=O) groups is 1. The van der Waals surface area contributed by atoms with Crippen LogP contribution < -0.4 is 10.5 Å². The number of nitrogens with zero attached hydrogens (tertiary/aromatic N) is 6. The van der Waals surface area contributed by atoms with Gasteiger partial charge in [-0.2, -0.15) is 0 Å². The van der Waals surface area contributed by atoms with Crippen molar-refractivity contribution in [3.8, 4) is 17.0 Å². The summed E-state index contributed by atoms with van der Waals surface area (Å²) in [6.07, 6.45) is 9.18. The number of carbonyl (C=O) groups excluding carboxylic acids is 1. The van der Waals surface area contributed by atoms with Crippen molar-refractivity contribution in [1.29, 1.82) is 5.41 Å². The van der Waals surface area contributed by atoms with Crippen LogP contribution >= 0.6 is 11.6 Å². The number of imidazole rings is 1. The molecule has 42 heavy (non-hydrogen) atoms. The molecule has 6 rings (SSSR count). The minimum absolute atomic E-state index is 0.0154. The van der Waals surface area contributed by atoms with Crippen LogP contribution in [0.3, 0.4) is 0 Å². The molecule has 5 heterocycles. The molecule has 4 aromatic rings. The molecule has 1 aliphatic heterocycles. The fraction of sp³-hybridized carbons (Fsp3) is 0.345. The number of nitrogens with two attached hydrogens (primary N) is 1. The van der Waals surface area contributed by atoms with Crippen molar-refractivity contribution in [3.63, 3.8) is 0 Å². The van der Waals surface area contributed by atoms with Gasteiger partial charge in [-0.3, -0.25) is 15.4 Å². The number of aromatic nitrogens is 6. The normalized spacial score (nSPS) is 21.8. The summed E-state index contributed by atoms with van der Waals surface area (Å²) < 4.78 is 29.8. The van der Waals surface area contributed by atoms with Crippen molar-refractivity contribution in [2.45, 2.75) is 44.3 Å². The zero-order valence-corrected chi connectivity index (χ0v) is 23.4. The highest BCUT2D eigenvalue weighted by Crippen LogP contribution is 2.45. The molecule has 0 saturated heterocycles. The van der Waals surface area contributed by atoms with Crippen LogP contribution in [0, 0.1) is 17.2 Å². The average Bonchev–Trinajstić information content (AvgIpc) is 3.36. The first kappa shape index (κ1) is 27.7. The second-order valence-corrected chi connectivity index (χ2v) is 11.0. The van der Waals surface area contributed by atoms with Gasteiger partial charge in [0, 0.05) is 37.1 Å². The monoisotopic (exact) mass is 590 g/mol. The lowest BCUT2D eigenvalue weighted by Crippen LogP contribution is -2.34. The van der Waals surface area contributed by atoms with Crippen molar-refractivity contribution >= 4 is 34.8 Å². The number of rotatable bonds is 6. The molecule has 11 nitrogen and oxygen atoms in total. The quantitative estimate of drug-likeness (QED) is 0.173. The largest absolute Gasteiger partial charge is 0.491 e. The zero-order chi connectivity index (χ0) is 29.4. The Bertz CT molecular complexity index is 1700. The van der Waals surface area contributed by atoms with E-state index >= 15 is 4.39 Å². The van der Waals surface area contributed by atoms with E-state index in [-0.39, 0.29) is 41.9 Å². The third-order valence-electron chi connectivity index (χ3n) is 7.86. The van der Waals surface area contributed by atoms with Crippen LogP contribution in [-0.4, -0.2) is 48.1 Å². The standard InChI is InChI=1S/C29H28ClFN8O3/c1-2-16-5-7-17(8-6-16)15-39-22-21(18-12-19(30)14-34-13-18)36-26(24(32)42-28(33)40)37-25(22)38-27(39)29(31)9-11-41-20-4-3-10-35-23(20)29/h2-4,10,12-14,16-17,32H,1,5-9,11,15H2,(H2,33,40)/t16-,17-,29?. The Balaban J connectivity index is 1.60. The summed E-state index contributed by atoms with van der Waals surface area (Å²) in [6.45, 7) is 4.53. The maximum absolute atomic E-state index is 17.4. The molecule has 1 fully saturated rings. The van der Waals surface area contributed by atoms with Gasteiger partial charge in [0.1, 0.15) is 22.7 Å². The number of amides is 1. The molecule has 1 unspecified atom stereocenters. The van der Waals surface area contributed by atoms with Crippen molar-refractivity contribution < 1.29 is 18.7 Å². The van der Waals surface area contributed by atoms with Gasteiger partial charge in [0.2, 0.25) is 11.5 Å². The lowest BCUT2D eigenvalue weighted by Gasteiger charge is -2.32. The van der Waals surface area contributed by atoms with Crippen LogP contribution in [0.2, 0.25) is 5.02 Å². The summed E-state index contributed by atoms with van der Waals surface area (Å²) in [5, 5.41) is 8.59. The van der Waals surface area contributed by atoms with E-state index in [4.69, 9.17) is 37.2 Å². The van der Waals surface area contributed by atoms with Crippen molar-refractivity contribution in [1.82, 2.24) is 29.5 Å². The van der Waals surface area contributed by atoms with Crippen LogP contribution in [-0.2, 0) is 17.0 Å².